The fraction of sp³-hybridized carbons (Fsp3) is 0.436. The molecule has 8 rings (SSSR count). The molecule has 6 atom stereocenters. The Bertz CT molecular complexity index is 2250. The molecule has 16 heteroatoms. The molecule has 1 aromatic carbocycles. The molecule has 1 aliphatic heterocycles. The lowest BCUT2D eigenvalue weighted by atomic mass is 9.85. The van der Waals surface area contributed by atoms with Gasteiger partial charge in [-0.05, 0) is 81.0 Å². The summed E-state index contributed by atoms with van der Waals surface area (Å²) < 4.78 is 34.6. The minimum atomic E-state index is -3.89. The number of carbonyl (C=O) groups is 4. The molecular formula is C39H41N7O7S2. The Morgan fingerprint density at radius 3 is 2.49 bits per heavy atom. The molecule has 3 aliphatic carbocycles. The van der Waals surface area contributed by atoms with E-state index in [4.69, 9.17) is 14.7 Å². The van der Waals surface area contributed by atoms with Crippen molar-refractivity contribution in [1.82, 2.24) is 35.3 Å². The van der Waals surface area contributed by atoms with Crippen molar-refractivity contribution in [3.63, 3.8) is 0 Å². The van der Waals surface area contributed by atoms with Crippen LogP contribution in [0.25, 0.3) is 21.6 Å². The van der Waals surface area contributed by atoms with Gasteiger partial charge in [0.15, 0.2) is 5.78 Å². The first-order valence-electron chi connectivity index (χ1n) is 18.7. The van der Waals surface area contributed by atoms with E-state index in [2.05, 4.69) is 25.3 Å². The van der Waals surface area contributed by atoms with Gasteiger partial charge >= 0.3 is 0 Å². The number of carbonyl (C=O) groups excluding carboxylic acids is 4. The lowest BCUT2D eigenvalue weighted by Gasteiger charge is -2.26. The van der Waals surface area contributed by atoms with E-state index in [0.717, 1.165) is 17.7 Å². The summed E-state index contributed by atoms with van der Waals surface area (Å²) in [5, 5.41) is 7.12. The van der Waals surface area contributed by atoms with Gasteiger partial charge in [-0.3, -0.25) is 23.9 Å². The Kier molecular flexibility index (Phi) is 10.2. The maximum absolute atomic E-state index is 14.7. The van der Waals surface area contributed by atoms with Gasteiger partial charge in [0, 0.05) is 18.0 Å². The van der Waals surface area contributed by atoms with E-state index in [0.29, 0.717) is 48.8 Å². The normalized spacial score (nSPS) is 27.7. The Balaban J connectivity index is 1.12. The van der Waals surface area contributed by atoms with Crippen molar-refractivity contribution in [3.05, 3.63) is 78.2 Å². The molecule has 4 aliphatic rings. The number of aromatic nitrogens is 4. The lowest BCUT2D eigenvalue weighted by molar-refractivity contribution is -0.136. The number of amides is 3. The van der Waals surface area contributed by atoms with Crippen molar-refractivity contribution >= 4 is 55.9 Å². The van der Waals surface area contributed by atoms with Crippen LogP contribution >= 0.6 is 11.3 Å². The van der Waals surface area contributed by atoms with E-state index < -0.39 is 68.4 Å². The van der Waals surface area contributed by atoms with E-state index in [1.165, 1.54) is 29.9 Å². The third kappa shape index (κ3) is 7.87. The number of rotatable bonds is 8. The predicted molar refractivity (Wildman–Crippen MR) is 203 cm³/mol. The monoisotopic (exact) mass is 783 g/mol. The minimum Gasteiger partial charge on any atom is -0.473 e. The van der Waals surface area contributed by atoms with Crippen LogP contribution in [0.4, 0.5) is 0 Å². The smallest absolute Gasteiger partial charge is 0.270 e. The molecule has 3 N–H and O–H groups in total. The van der Waals surface area contributed by atoms with Crippen molar-refractivity contribution < 1.29 is 32.3 Å². The number of benzene rings is 1. The largest absolute Gasteiger partial charge is 0.473 e. The number of Topliss-reactive ketones (excluding diaryl/α,β-unsaturated/α-hetero) is 1. The van der Waals surface area contributed by atoms with Crippen molar-refractivity contribution in [2.75, 3.05) is 0 Å². The highest BCUT2D eigenvalue weighted by molar-refractivity contribution is 7.91. The van der Waals surface area contributed by atoms with Crippen molar-refractivity contribution in [1.29, 1.82) is 0 Å². The van der Waals surface area contributed by atoms with Gasteiger partial charge in [-0.1, -0.05) is 43.2 Å². The first-order chi connectivity index (χ1) is 26.6. The average molecular weight is 784 g/mol. The highest BCUT2D eigenvalue weighted by Gasteiger charge is 2.62. The van der Waals surface area contributed by atoms with Gasteiger partial charge in [-0.2, -0.15) is 0 Å². The summed E-state index contributed by atoms with van der Waals surface area (Å²) in [6.45, 7) is 0. The Labute approximate surface area is 322 Å². The molecule has 3 aromatic heterocycles. The Morgan fingerprint density at radius 2 is 1.75 bits per heavy atom. The zero-order valence-electron chi connectivity index (χ0n) is 29.9. The number of hydrogen-bond acceptors (Lipinski definition) is 12. The summed E-state index contributed by atoms with van der Waals surface area (Å²) in [7, 11) is -3.89. The molecule has 286 valence electrons. The summed E-state index contributed by atoms with van der Waals surface area (Å²) in [5.74, 6) is -4.22. The molecule has 14 nitrogen and oxygen atoms in total. The summed E-state index contributed by atoms with van der Waals surface area (Å²) in [4.78, 5) is 74.8. The summed E-state index contributed by atoms with van der Waals surface area (Å²) in [5.41, 5.74) is 0.461. The number of thiophene rings is 1. The topological polar surface area (TPSA) is 199 Å². The van der Waals surface area contributed by atoms with Gasteiger partial charge in [-0.25, -0.2) is 28.4 Å². The lowest BCUT2D eigenvalue weighted by Crippen LogP contribution is -2.54. The number of para-hydroxylation sites is 2. The zero-order valence-corrected chi connectivity index (χ0v) is 31.6. The van der Waals surface area contributed by atoms with Crippen LogP contribution in [0.5, 0.6) is 5.88 Å². The Hall–Kier alpha value is -5.09. The van der Waals surface area contributed by atoms with Crippen LogP contribution in [0.3, 0.4) is 0 Å². The molecule has 0 saturated heterocycles. The van der Waals surface area contributed by atoms with Crippen molar-refractivity contribution in [3.8, 4) is 16.5 Å². The highest BCUT2D eigenvalue weighted by atomic mass is 32.2. The van der Waals surface area contributed by atoms with Crippen LogP contribution in [0.1, 0.15) is 74.7 Å². The first-order valence-corrected chi connectivity index (χ1v) is 21.2. The second kappa shape index (κ2) is 15.2. The molecule has 4 aromatic rings. The molecule has 3 amide bonds. The summed E-state index contributed by atoms with van der Waals surface area (Å²) in [6.07, 6.45) is 10.5. The van der Waals surface area contributed by atoms with E-state index >= 15 is 0 Å². The van der Waals surface area contributed by atoms with Gasteiger partial charge < -0.3 is 15.4 Å². The first kappa shape index (κ1) is 36.9. The second-order valence-electron chi connectivity index (χ2n) is 14.8. The third-order valence-corrected chi connectivity index (χ3v) is 13.6. The second-order valence-corrected chi connectivity index (χ2v) is 17.7. The van der Waals surface area contributed by atoms with E-state index in [1.54, 1.807) is 0 Å². The van der Waals surface area contributed by atoms with Crippen LogP contribution in [-0.4, -0.2) is 74.8 Å². The molecule has 0 spiro atoms. The van der Waals surface area contributed by atoms with E-state index in [9.17, 15) is 27.6 Å². The predicted octanol–water partition coefficient (Wildman–Crippen LogP) is 4.29. The number of nitrogens with one attached hydrogen (secondary N) is 3. The Morgan fingerprint density at radius 1 is 0.945 bits per heavy atom. The van der Waals surface area contributed by atoms with Crippen LogP contribution in [0.15, 0.2) is 72.5 Å². The zero-order chi connectivity index (χ0) is 38.2. The molecule has 0 radical (unpaired) electrons. The maximum Gasteiger partial charge on any atom is 0.270 e. The van der Waals surface area contributed by atoms with E-state index in [-0.39, 0.29) is 36.6 Å². The molecule has 4 heterocycles. The van der Waals surface area contributed by atoms with Crippen molar-refractivity contribution in [2.45, 2.75) is 87.1 Å². The summed E-state index contributed by atoms with van der Waals surface area (Å²) >= 11 is 1.48. The number of ether oxygens (including phenoxy) is 1. The molecule has 2 unspecified atom stereocenters. The number of ketones is 1. The number of allylic oxidation sites excluding steroid dienone is 1. The highest BCUT2D eigenvalue weighted by Crippen LogP contribution is 2.47. The van der Waals surface area contributed by atoms with Crippen LogP contribution in [0.2, 0.25) is 0 Å². The van der Waals surface area contributed by atoms with Gasteiger partial charge in [0.2, 0.25) is 21.8 Å². The standard InChI is InChI=1S/C39H41N7O7S2/c47-34-26-19-24(53-37-33(32-13-8-18-54-32)42-28-10-6-7-11-29(28)44-37)20-27(26)35(48)45-39(38(50)46-55(51,52)25-14-15-25)21-23(39)9-4-2-1-3-5-12-30(34)43-36(49)31-16-17-40-22-41-31/h4,6-11,13,16-18,22-27,30H,1-3,5,12,14-15,19-21H2,(H,43,49)(H,45,48)(H,46,50)/b9-4-/t23?,24-,26?,27+,30+,39+/m0/s1. The maximum atomic E-state index is 14.7. The van der Waals surface area contributed by atoms with E-state index in [1.807, 2.05) is 53.9 Å². The van der Waals surface area contributed by atoms with Crippen molar-refractivity contribution in [2.24, 2.45) is 17.8 Å². The van der Waals surface area contributed by atoms with Gasteiger partial charge in [-0.15, -0.1) is 11.3 Å². The molecule has 55 heavy (non-hydrogen) atoms. The molecule has 0 bridgehead atoms. The SMILES string of the molecule is O=C(N[C@@H]1CCCCC/C=C\C2C[C@@]2(C(=O)NS(=O)(=O)C2CC2)NC(=O)[C@@H]2C[C@@H](Oc3nc4ccccc4nc3-c3cccs3)CC2C1=O)c1ccncn1. The average Bonchev–Trinajstić information content (AvgIpc) is 4.05. The van der Waals surface area contributed by atoms with Gasteiger partial charge in [0.1, 0.15) is 29.4 Å². The molecule has 3 saturated carbocycles. The number of fused-ring (bicyclic) bond motifs is 3. The van der Waals surface area contributed by atoms with Crippen LogP contribution in [-0.2, 0) is 24.4 Å². The third-order valence-electron chi connectivity index (χ3n) is 11.0. The number of nitrogens with zero attached hydrogens (tertiary/aromatic N) is 4. The molecular weight excluding hydrogens is 743 g/mol. The minimum absolute atomic E-state index is 0.103. The van der Waals surface area contributed by atoms with Crippen LogP contribution < -0.4 is 20.1 Å². The number of hydrogen-bond donors (Lipinski definition) is 3. The quantitative estimate of drug-likeness (QED) is 0.216. The van der Waals surface area contributed by atoms with Gasteiger partial charge in [0.05, 0.1) is 33.1 Å². The fourth-order valence-electron chi connectivity index (χ4n) is 7.71. The molecule has 3 fully saturated rings. The fourth-order valence-corrected chi connectivity index (χ4v) is 9.78. The van der Waals surface area contributed by atoms with Gasteiger partial charge in [0.25, 0.3) is 11.8 Å². The number of sulfonamides is 1. The summed E-state index contributed by atoms with van der Waals surface area (Å²) in [6, 6.07) is 11.8. The van der Waals surface area contributed by atoms with Crippen LogP contribution in [0, 0.1) is 17.8 Å².